The maximum atomic E-state index is 6.63. The molecule has 148 valence electrons. The molecule has 0 aromatic carbocycles. The molecule has 1 aliphatic heterocycles. The Kier molecular flexibility index (Phi) is 5.07. The van der Waals surface area contributed by atoms with Crippen molar-refractivity contribution in [2.24, 2.45) is 5.92 Å². The Hall–Kier alpha value is -2.45. The number of rotatable bonds is 6. The fraction of sp³-hybridized carbons (Fsp3) is 0.474. The lowest BCUT2D eigenvalue weighted by Crippen LogP contribution is -2.51. The number of fused-ring (bicyclic) bond motifs is 1. The zero-order valence-electron chi connectivity index (χ0n) is 16.5. The van der Waals surface area contributed by atoms with Gasteiger partial charge >= 0.3 is 6.01 Å². The van der Waals surface area contributed by atoms with Crippen molar-refractivity contribution in [2.75, 3.05) is 38.6 Å². The van der Waals surface area contributed by atoms with Crippen molar-refractivity contribution in [3.63, 3.8) is 0 Å². The van der Waals surface area contributed by atoms with Gasteiger partial charge in [0.05, 0.1) is 22.8 Å². The number of hydrogen-bond donors (Lipinski definition) is 1. The zero-order valence-corrected chi connectivity index (χ0v) is 17.3. The normalized spacial score (nSPS) is 14.7. The van der Waals surface area contributed by atoms with Crippen LogP contribution in [0.25, 0.3) is 11.0 Å². The van der Waals surface area contributed by atoms with Crippen LogP contribution in [0.1, 0.15) is 18.4 Å². The van der Waals surface area contributed by atoms with E-state index in [2.05, 4.69) is 55.7 Å². The van der Waals surface area contributed by atoms with Gasteiger partial charge in [0.15, 0.2) is 5.75 Å². The number of anilines is 1. The molecule has 28 heavy (non-hydrogen) atoms. The molecular formula is C19H24ClN7O. The third-order valence-corrected chi connectivity index (χ3v) is 5.24. The highest BCUT2D eigenvalue weighted by Gasteiger charge is 2.31. The third kappa shape index (κ3) is 3.62. The first-order valence-electron chi connectivity index (χ1n) is 9.38. The molecule has 9 heteroatoms. The second kappa shape index (κ2) is 7.52. The van der Waals surface area contributed by atoms with Gasteiger partial charge in [-0.2, -0.15) is 9.97 Å². The first-order chi connectivity index (χ1) is 13.4. The van der Waals surface area contributed by atoms with Gasteiger partial charge in [-0.3, -0.25) is 0 Å². The van der Waals surface area contributed by atoms with Crippen LogP contribution in [-0.2, 0) is 6.42 Å². The van der Waals surface area contributed by atoms with Crippen molar-refractivity contribution >= 4 is 28.5 Å². The van der Waals surface area contributed by atoms with Gasteiger partial charge in [0.1, 0.15) is 17.3 Å². The number of nitrogens with zero attached hydrogens (tertiary/aromatic N) is 6. The summed E-state index contributed by atoms with van der Waals surface area (Å²) in [6.45, 7) is 6.80. The molecule has 4 heterocycles. The van der Waals surface area contributed by atoms with E-state index in [0.29, 0.717) is 28.2 Å². The van der Waals surface area contributed by atoms with Crippen molar-refractivity contribution in [2.45, 2.75) is 20.3 Å². The van der Waals surface area contributed by atoms with E-state index in [4.69, 9.17) is 16.3 Å². The van der Waals surface area contributed by atoms with Crippen molar-refractivity contribution in [3.8, 4) is 11.8 Å². The Balaban J connectivity index is 1.69. The molecule has 0 bridgehead atoms. The molecule has 1 fully saturated rings. The zero-order chi connectivity index (χ0) is 19.8. The van der Waals surface area contributed by atoms with E-state index < -0.39 is 0 Å². The molecule has 8 nitrogen and oxygen atoms in total. The summed E-state index contributed by atoms with van der Waals surface area (Å²) in [5.74, 6) is 2.60. The number of aromatic amines is 1. The Morgan fingerprint density at radius 2 is 1.96 bits per heavy atom. The number of ether oxygens (including phenoxy) is 1. The summed E-state index contributed by atoms with van der Waals surface area (Å²) in [6.07, 6.45) is 4.02. The highest BCUT2D eigenvalue weighted by atomic mass is 35.5. The molecular weight excluding hydrogens is 378 g/mol. The molecule has 0 saturated carbocycles. The van der Waals surface area contributed by atoms with Crippen LogP contribution >= 0.6 is 11.6 Å². The van der Waals surface area contributed by atoms with E-state index in [0.717, 1.165) is 43.0 Å². The van der Waals surface area contributed by atoms with Gasteiger partial charge in [-0.05, 0) is 27.4 Å². The minimum Gasteiger partial charge on any atom is -0.421 e. The van der Waals surface area contributed by atoms with E-state index >= 15 is 0 Å². The first kappa shape index (κ1) is 18.9. The topological polar surface area (TPSA) is 83.1 Å². The van der Waals surface area contributed by atoms with Crippen LogP contribution in [0.15, 0.2) is 12.4 Å². The molecule has 4 rings (SSSR count). The molecule has 1 aliphatic rings. The molecule has 0 atom stereocenters. The van der Waals surface area contributed by atoms with E-state index in [1.807, 2.05) is 6.92 Å². The third-order valence-electron chi connectivity index (χ3n) is 4.82. The lowest BCUT2D eigenvalue weighted by atomic mass is 9.99. The Labute approximate surface area is 168 Å². The summed E-state index contributed by atoms with van der Waals surface area (Å²) >= 11 is 6.63. The van der Waals surface area contributed by atoms with Gasteiger partial charge in [-0.25, -0.2) is 9.97 Å². The number of halogens is 1. The van der Waals surface area contributed by atoms with Crippen LogP contribution in [-0.4, -0.2) is 63.5 Å². The van der Waals surface area contributed by atoms with Gasteiger partial charge in [0, 0.05) is 31.2 Å². The van der Waals surface area contributed by atoms with E-state index in [9.17, 15) is 0 Å². The number of nitrogens with one attached hydrogen (secondary N) is 1. The molecule has 1 N–H and O–H groups in total. The molecule has 0 unspecified atom stereocenters. The number of hydrogen-bond acceptors (Lipinski definition) is 7. The van der Waals surface area contributed by atoms with Crippen LogP contribution in [0.3, 0.4) is 0 Å². The maximum absolute atomic E-state index is 6.63. The highest BCUT2D eigenvalue weighted by Crippen LogP contribution is 2.38. The monoisotopic (exact) mass is 401 g/mol. The van der Waals surface area contributed by atoms with Gasteiger partial charge in [-0.15, -0.1) is 0 Å². The number of H-pyrrole nitrogens is 1. The van der Waals surface area contributed by atoms with Gasteiger partial charge in [0.2, 0.25) is 0 Å². The summed E-state index contributed by atoms with van der Waals surface area (Å²) in [7, 11) is 4.19. The largest absolute Gasteiger partial charge is 0.421 e. The average Bonchev–Trinajstić information content (AvgIpc) is 2.95. The SMILES string of the molecule is CCc1[nH]c2nc(Oc3cnc(C)nc3)nc(N3CC(CN(C)C)C3)c2c1Cl. The predicted octanol–water partition coefficient (Wildman–Crippen LogP) is 3.06. The minimum atomic E-state index is 0.256. The summed E-state index contributed by atoms with van der Waals surface area (Å²) in [5, 5.41) is 1.54. The van der Waals surface area contributed by atoms with E-state index in [1.54, 1.807) is 12.4 Å². The quantitative estimate of drug-likeness (QED) is 0.679. The van der Waals surface area contributed by atoms with Crippen LogP contribution in [0.4, 0.5) is 5.82 Å². The van der Waals surface area contributed by atoms with Crippen molar-refractivity contribution in [1.29, 1.82) is 0 Å². The Morgan fingerprint density at radius 3 is 2.61 bits per heavy atom. The molecule has 3 aromatic heterocycles. The van der Waals surface area contributed by atoms with Gasteiger partial charge in [-0.1, -0.05) is 18.5 Å². The predicted molar refractivity (Wildman–Crippen MR) is 109 cm³/mol. The summed E-state index contributed by atoms with van der Waals surface area (Å²) in [6, 6.07) is 0.256. The van der Waals surface area contributed by atoms with Crippen molar-refractivity contribution < 1.29 is 4.74 Å². The summed E-state index contributed by atoms with van der Waals surface area (Å²) in [5.41, 5.74) is 1.64. The first-order valence-corrected chi connectivity index (χ1v) is 9.76. The molecule has 0 spiro atoms. The van der Waals surface area contributed by atoms with E-state index in [-0.39, 0.29) is 6.01 Å². The lowest BCUT2D eigenvalue weighted by molar-refractivity contribution is 0.282. The van der Waals surface area contributed by atoms with Crippen LogP contribution in [0.2, 0.25) is 5.02 Å². The fourth-order valence-corrected chi connectivity index (χ4v) is 3.86. The average molecular weight is 402 g/mol. The fourth-order valence-electron chi connectivity index (χ4n) is 3.50. The smallest absolute Gasteiger partial charge is 0.326 e. The molecule has 3 aromatic rings. The second-order valence-electron chi connectivity index (χ2n) is 7.43. The number of aryl methyl sites for hydroxylation is 2. The Bertz CT molecular complexity index is 980. The summed E-state index contributed by atoms with van der Waals surface area (Å²) in [4.78, 5) is 25.3. The molecule has 0 aliphatic carbocycles. The van der Waals surface area contributed by atoms with Crippen molar-refractivity contribution in [3.05, 3.63) is 28.9 Å². The molecule has 0 radical (unpaired) electrons. The minimum absolute atomic E-state index is 0.256. The maximum Gasteiger partial charge on any atom is 0.326 e. The van der Waals surface area contributed by atoms with Crippen LogP contribution < -0.4 is 9.64 Å². The van der Waals surface area contributed by atoms with Crippen LogP contribution in [0.5, 0.6) is 11.8 Å². The highest BCUT2D eigenvalue weighted by molar-refractivity contribution is 6.37. The Morgan fingerprint density at radius 1 is 1.25 bits per heavy atom. The second-order valence-corrected chi connectivity index (χ2v) is 7.80. The van der Waals surface area contributed by atoms with Crippen molar-refractivity contribution in [1.82, 2.24) is 29.8 Å². The standard InChI is InChI=1S/C19H24ClN7O/c1-5-14-16(20)15-17(23-14)24-19(28-13-6-21-11(2)22-7-13)25-18(15)27-9-12(10-27)8-26(3)4/h6-7,12H,5,8-10H2,1-4H3,(H,23,24,25). The summed E-state index contributed by atoms with van der Waals surface area (Å²) < 4.78 is 5.83. The number of aromatic nitrogens is 5. The molecule has 0 amide bonds. The lowest BCUT2D eigenvalue weighted by Gasteiger charge is -2.41. The van der Waals surface area contributed by atoms with Gasteiger partial charge in [0.25, 0.3) is 0 Å². The molecule has 1 saturated heterocycles. The van der Waals surface area contributed by atoms with Crippen LogP contribution in [0, 0.1) is 12.8 Å². The van der Waals surface area contributed by atoms with Gasteiger partial charge < -0.3 is 19.5 Å². The van der Waals surface area contributed by atoms with E-state index in [1.165, 1.54) is 0 Å².